The van der Waals surface area contributed by atoms with Crippen molar-refractivity contribution < 1.29 is 0 Å². The van der Waals surface area contributed by atoms with Crippen molar-refractivity contribution in [3.05, 3.63) is 53.3 Å². The molecule has 2 aromatic rings. The smallest absolute Gasteiger partial charge is 0.0596 e. The van der Waals surface area contributed by atoms with Gasteiger partial charge in [0.1, 0.15) is 0 Å². The molecule has 0 saturated heterocycles. The van der Waals surface area contributed by atoms with E-state index in [2.05, 4.69) is 60.7 Å². The summed E-state index contributed by atoms with van der Waals surface area (Å²) in [6.07, 6.45) is 4.60. The summed E-state index contributed by atoms with van der Waals surface area (Å²) in [5.41, 5.74) is 3.83. The SMILES string of the molecule is CCCNC(CCCc1cc(C)nn1C)c1ccccc1. The Hall–Kier alpha value is -1.61. The van der Waals surface area contributed by atoms with E-state index in [1.807, 2.05) is 11.7 Å². The monoisotopic (exact) mass is 285 g/mol. The molecule has 0 saturated carbocycles. The Bertz CT molecular complexity index is 531. The van der Waals surface area contributed by atoms with Crippen LogP contribution in [0.2, 0.25) is 0 Å². The summed E-state index contributed by atoms with van der Waals surface area (Å²) in [5.74, 6) is 0. The van der Waals surface area contributed by atoms with Gasteiger partial charge in [0.2, 0.25) is 0 Å². The van der Waals surface area contributed by atoms with Crippen molar-refractivity contribution in [3.63, 3.8) is 0 Å². The van der Waals surface area contributed by atoms with Gasteiger partial charge in [-0.3, -0.25) is 4.68 Å². The standard InChI is InChI=1S/C18H27N3/c1-4-13-19-18(16-9-6-5-7-10-16)12-8-11-17-14-15(2)20-21(17)3/h5-7,9-10,14,18-19H,4,8,11-13H2,1-3H3. The molecule has 1 heterocycles. The number of hydrogen-bond acceptors (Lipinski definition) is 2. The highest BCUT2D eigenvalue weighted by molar-refractivity contribution is 5.19. The van der Waals surface area contributed by atoms with E-state index in [1.54, 1.807) is 0 Å². The second-order valence-corrected chi connectivity index (χ2v) is 5.71. The first-order valence-electron chi connectivity index (χ1n) is 7.98. The van der Waals surface area contributed by atoms with Gasteiger partial charge in [-0.05, 0) is 50.8 Å². The Balaban J connectivity index is 1.91. The molecule has 0 aliphatic heterocycles. The summed E-state index contributed by atoms with van der Waals surface area (Å²) in [4.78, 5) is 0. The Morgan fingerprint density at radius 2 is 2.00 bits per heavy atom. The lowest BCUT2D eigenvalue weighted by atomic mass is 10.00. The lowest BCUT2D eigenvalue weighted by molar-refractivity contribution is 0.480. The Labute approximate surface area is 128 Å². The molecule has 0 fully saturated rings. The molecule has 1 atom stereocenters. The van der Waals surface area contributed by atoms with Crippen LogP contribution in [0.4, 0.5) is 0 Å². The Kier molecular flexibility index (Phi) is 6.00. The summed E-state index contributed by atoms with van der Waals surface area (Å²) < 4.78 is 2.01. The van der Waals surface area contributed by atoms with Gasteiger partial charge < -0.3 is 5.32 Å². The van der Waals surface area contributed by atoms with Crippen LogP contribution in [0.25, 0.3) is 0 Å². The number of aryl methyl sites for hydroxylation is 3. The Morgan fingerprint density at radius 1 is 1.24 bits per heavy atom. The highest BCUT2D eigenvalue weighted by Crippen LogP contribution is 2.19. The highest BCUT2D eigenvalue weighted by Gasteiger charge is 2.10. The maximum absolute atomic E-state index is 4.42. The summed E-state index contributed by atoms with van der Waals surface area (Å²) in [6.45, 7) is 5.34. The maximum atomic E-state index is 4.42. The number of benzene rings is 1. The lowest BCUT2D eigenvalue weighted by Crippen LogP contribution is -2.22. The van der Waals surface area contributed by atoms with Crippen molar-refractivity contribution in [2.45, 2.75) is 45.6 Å². The number of aromatic nitrogens is 2. The van der Waals surface area contributed by atoms with Crippen LogP contribution in [0.1, 0.15) is 49.2 Å². The average molecular weight is 285 g/mol. The van der Waals surface area contributed by atoms with Crippen LogP contribution >= 0.6 is 0 Å². The third-order valence-electron chi connectivity index (χ3n) is 3.87. The maximum Gasteiger partial charge on any atom is 0.0596 e. The predicted molar refractivity (Wildman–Crippen MR) is 88.4 cm³/mol. The average Bonchev–Trinajstić information content (AvgIpc) is 2.81. The van der Waals surface area contributed by atoms with Gasteiger partial charge in [-0.1, -0.05) is 37.3 Å². The van der Waals surface area contributed by atoms with Gasteiger partial charge in [-0.25, -0.2) is 0 Å². The van der Waals surface area contributed by atoms with Crippen LogP contribution in [0, 0.1) is 6.92 Å². The normalized spacial score (nSPS) is 12.5. The van der Waals surface area contributed by atoms with Crippen LogP contribution in [0.5, 0.6) is 0 Å². The second-order valence-electron chi connectivity index (χ2n) is 5.71. The zero-order chi connectivity index (χ0) is 15.1. The van der Waals surface area contributed by atoms with Gasteiger partial charge in [0.15, 0.2) is 0 Å². The molecule has 0 radical (unpaired) electrons. The van der Waals surface area contributed by atoms with Crippen LogP contribution in [-0.2, 0) is 13.5 Å². The molecule has 0 aliphatic carbocycles. The number of rotatable bonds is 8. The van der Waals surface area contributed by atoms with E-state index in [-0.39, 0.29) is 0 Å². The summed E-state index contributed by atoms with van der Waals surface area (Å²) in [5, 5.41) is 8.09. The molecule has 0 spiro atoms. The van der Waals surface area contributed by atoms with Crippen molar-refractivity contribution in [1.29, 1.82) is 0 Å². The molecule has 1 aromatic heterocycles. The van der Waals surface area contributed by atoms with Gasteiger partial charge in [-0.2, -0.15) is 5.10 Å². The van der Waals surface area contributed by atoms with E-state index < -0.39 is 0 Å². The predicted octanol–water partition coefficient (Wildman–Crippen LogP) is 3.79. The Morgan fingerprint density at radius 3 is 2.62 bits per heavy atom. The zero-order valence-electron chi connectivity index (χ0n) is 13.5. The molecule has 114 valence electrons. The van der Waals surface area contributed by atoms with Gasteiger partial charge in [0.25, 0.3) is 0 Å². The fourth-order valence-electron chi connectivity index (χ4n) is 2.78. The van der Waals surface area contributed by atoms with Crippen molar-refractivity contribution >= 4 is 0 Å². The molecule has 3 heteroatoms. The highest BCUT2D eigenvalue weighted by atomic mass is 15.3. The fraction of sp³-hybridized carbons (Fsp3) is 0.500. The van der Waals surface area contributed by atoms with Gasteiger partial charge in [0.05, 0.1) is 5.69 Å². The molecule has 0 bridgehead atoms. The lowest BCUT2D eigenvalue weighted by Gasteiger charge is -2.19. The van der Waals surface area contributed by atoms with Gasteiger partial charge >= 0.3 is 0 Å². The summed E-state index contributed by atoms with van der Waals surface area (Å²) in [6, 6.07) is 13.4. The largest absolute Gasteiger partial charge is 0.310 e. The molecular weight excluding hydrogens is 258 g/mol. The third kappa shape index (κ3) is 4.71. The summed E-state index contributed by atoms with van der Waals surface area (Å²) in [7, 11) is 2.03. The zero-order valence-corrected chi connectivity index (χ0v) is 13.5. The molecule has 1 unspecified atom stereocenters. The van der Waals surface area contributed by atoms with Crippen LogP contribution in [0.3, 0.4) is 0 Å². The van der Waals surface area contributed by atoms with Crippen molar-refractivity contribution in [1.82, 2.24) is 15.1 Å². The summed E-state index contributed by atoms with van der Waals surface area (Å²) >= 11 is 0. The quantitative estimate of drug-likeness (QED) is 0.799. The first kappa shape index (κ1) is 15.8. The molecule has 21 heavy (non-hydrogen) atoms. The van der Waals surface area contributed by atoms with E-state index in [0.29, 0.717) is 6.04 Å². The molecule has 3 nitrogen and oxygen atoms in total. The van der Waals surface area contributed by atoms with Crippen molar-refractivity contribution in [2.24, 2.45) is 7.05 Å². The fourth-order valence-corrected chi connectivity index (χ4v) is 2.78. The molecule has 0 aliphatic rings. The minimum atomic E-state index is 0.459. The van der Waals surface area contributed by atoms with E-state index in [4.69, 9.17) is 0 Å². The van der Waals surface area contributed by atoms with E-state index in [9.17, 15) is 0 Å². The van der Waals surface area contributed by atoms with E-state index in [1.165, 1.54) is 24.1 Å². The number of nitrogens with one attached hydrogen (secondary N) is 1. The molecule has 2 rings (SSSR count). The topological polar surface area (TPSA) is 29.9 Å². The molecule has 0 amide bonds. The van der Waals surface area contributed by atoms with Crippen LogP contribution in [0.15, 0.2) is 36.4 Å². The van der Waals surface area contributed by atoms with Gasteiger partial charge in [0, 0.05) is 18.8 Å². The third-order valence-corrected chi connectivity index (χ3v) is 3.87. The first-order valence-corrected chi connectivity index (χ1v) is 7.98. The number of nitrogens with zero attached hydrogens (tertiary/aromatic N) is 2. The van der Waals surface area contributed by atoms with Crippen LogP contribution in [-0.4, -0.2) is 16.3 Å². The molecular formula is C18H27N3. The second kappa shape index (κ2) is 7.99. The van der Waals surface area contributed by atoms with E-state index in [0.717, 1.165) is 25.1 Å². The van der Waals surface area contributed by atoms with Crippen molar-refractivity contribution in [3.8, 4) is 0 Å². The number of hydrogen-bond donors (Lipinski definition) is 1. The minimum absolute atomic E-state index is 0.459. The minimum Gasteiger partial charge on any atom is -0.310 e. The first-order chi connectivity index (χ1) is 10.2. The molecule has 1 aromatic carbocycles. The van der Waals surface area contributed by atoms with Crippen molar-refractivity contribution in [2.75, 3.05) is 6.54 Å². The van der Waals surface area contributed by atoms with Gasteiger partial charge in [-0.15, -0.1) is 0 Å². The van der Waals surface area contributed by atoms with E-state index >= 15 is 0 Å². The van der Waals surface area contributed by atoms with Crippen LogP contribution < -0.4 is 5.32 Å². The molecule has 1 N–H and O–H groups in total.